The minimum atomic E-state index is -4.37. The fourth-order valence-electron chi connectivity index (χ4n) is 1.68. The van der Waals surface area contributed by atoms with Crippen LogP contribution in [0, 0.1) is 0 Å². The minimum absolute atomic E-state index is 0.00977. The normalized spacial score (nSPS) is 11.2. The molecule has 2 aromatic rings. The van der Waals surface area contributed by atoms with Crippen molar-refractivity contribution >= 4 is 5.82 Å². The minimum Gasteiger partial charge on any atom is -0.481 e. The molecule has 4 nitrogen and oxygen atoms in total. The van der Waals surface area contributed by atoms with E-state index in [4.69, 9.17) is 4.74 Å². The SMILES string of the molecule is COc1cc(NCc2ccccc2C(F)(F)F)ncn1. The number of hydrogen-bond acceptors (Lipinski definition) is 4. The third-order valence-electron chi connectivity index (χ3n) is 2.63. The number of halogens is 3. The molecule has 0 bridgehead atoms. The summed E-state index contributed by atoms with van der Waals surface area (Å²) in [6.07, 6.45) is -3.10. The average Bonchev–Trinajstić information content (AvgIpc) is 2.44. The maximum absolute atomic E-state index is 12.8. The first-order chi connectivity index (χ1) is 9.50. The average molecular weight is 283 g/mol. The Balaban J connectivity index is 2.15. The second-order valence-corrected chi connectivity index (χ2v) is 3.95. The topological polar surface area (TPSA) is 47.0 Å². The molecule has 7 heteroatoms. The van der Waals surface area contributed by atoms with E-state index in [1.807, 2.05) is 0 Å². The predicted molar refractivity (Wildman–Crippen MR) is 67.4 cm³/mol. The largest absolute Gasteiger partial charge is 0.481 e. The zero-order valence-electron chi connectivity index (χ0n) is 10.6. The summed E-state index contributed by atoms with van der Waals surface area (Å²) in [4.78, 5) is 7.73. The van der Waals surface area contributed by atoms with Gasteiger partial charge in [-0.3, -0.25) is 0 Å². The number of benzene rings is 1. The first kappa shape index (κ1) is 14.1. The molecule has 0 saturated carbocycles. The molecule has 20 heavy (non-hydrogen) atoms. The monoisotopic (exact) mass is 283 g/mol. The number of aromatic nitrogens is 2. The van der Waals surface area contributed by atoms with Gasteiger partial charge in [0.1, 0.15) is 12.1 Å². The van der Waals surface area contributed by atoms with Gasteiger partial charge >= 0.3 is 6.18 Å². The van der Waals surface area contributed by atoms with Crippen LogP contribution < -0.4 is 10.1 Å². The Hall–Kier alpha value is -2.31. The maximum atomic E-state index is 12.8. The van der Waals surface area contributed by atoms with E-state index in [9.17, 15) is 13.2 Å². The first-order valence-electron chi connectivity index (χ1n) is 5.75. The third-order valence-corrected chi connectivity index (χ3v) is 2.63. The Kier molecular flexibility index (Phi) is 4.07. The number of alkyl halides is 3. The lowest BCUT2D eigenvalue weighted by atomic mass is 10.1. The van der Waals surface area contributed by atoms with Crippen LogP contribution in [-0.4, -0.2) is 17.1 Å². The van der Waals surface area contributed by atoms with Gasteiger partial charge in [0.2, 0.25) is 5.88 Å². The Morgan fingerprint density at radius 3 is 2.65 bits per heavy atom. The van der Waals surface area contributed by atoms with Crippen LogP contribution in [0.4, 0.5) is 19.0 Å². The van der Waals surface area contributed by atoms with Gasteiger partial charge in [0.15, 0.2) is 0 Å². The number of nitrogens with one attached hydrogen (secondary N) is 1. The van der Waals surface area contributed by atoms with Crippen molar-refractivity contribution < 1.29 is 17.9 Å². The van der Waals surface area contributed by atoms with Crippen LogP contribution in [0.15, 0.2) is 36.7 Å². The summed E-state index contributed by atoms with van der Waals surface area (Å²) in [6, 6.07) is 6.91. The number of nitrogens with zero attached hydrogens (tertiary/aromatic N) is 2. The van der Waals surface area contributed by atoms with Crippen LogP contribution in [-0.2, 0) is 12.7 Å². The maximum Gasteiger partial charge on any atom is 0.416 e. The Labute approximate surface area is 113 Å². The van der Waals surface area contributed by atoms with Crippen LogP contribution in [0.5, 0.6) is 5.88 Å². The van der Waals surface area contributed by atoms with Crippen molar-refractivity contribution in [3.05, 3.63) is 47.8 Å². The van der Waals surface area contributed by atoms with Crippen molar-refractivity contribution in [3.8, 4) is 5.88 Å². The summed E-state index contributed by atoms with van der Waals surface area (Å²) in [6.45, 7) is 0.00977. The summed E-state index contributed by atoms with van der Waals surface area (Å²) >= 11 is 0. The van der Waals surface area contributed by atoms with Gasteiger partial charge < -0.3 is 10.1 Å². The summed E-state index contributed by atoms with van der Waals surface area (Å²) in [5.41, 5.74) is -0.508. The molecule has 1 aromatic heterocycles. The fourth-order valence-corrected chi connectivity index (χ4v) is 1.68. The highest BCUT2D eigenvalue weighted by molar-refractivity contribution is 5.40. The molecule has 0 atom stereocenters. The number of methoxy groups -OCH3 is 1. The van der Waals surface area contributed by atoms with Crippen molar-refractivity contribution in [2.45, 2.75) is 12.7 Å². The smallest absolute Gasteiger partial charge is 0.416 e. The molecule has 0 radical (unpaired) electrons. The van der Waals surface area contributed by atoms with E-state index < -0.39 is 11.7 Å². The van der Waals surface area contributed by atoms with E-state index in [0.717, 1.165) is 6.07 Å². The van der Waals surface area contributed by atoms with Crippen molar-refractivity contribution in [2.75, 3.05) is 12.4 Å². The molecule has 0 unspecified atom stereocenters. The number of rotatable bonds is 4. The molecule has 0 spiro atoms. The molecule has 106 valence electrons. The molecule has 1 heterocycles. The van der Waals surface area contributed by atoms with Crippen LogP contribution in [0.3, 0.4) is 0 Å². The van der Waals surface area contributed by atoms with E-state index in [2.05, 4.69) is 15.3 Å². The van der Waals surface area contributed by atoms with Crippen molar-refractivity contribution in [3.63, 3.8) is 0 Å². The van der Waals surface area contributed by atoms with Crippen LogP contribution in [0.25, 0.3) is 0 Å². The second-order valence-electron chi connectivity index (χ2n) is 3.95. The lowest BCUT2D eigenvalue weighted by Crippen LogP contribution is -2.12. The van der Waals surface area contributed by atoms with Crippen LogP contribution in [0.1, 0.15) is 11.1 Å². The lowest BCUT2D eigenvalue weighted by molar-refractivity contribution is -0.138. The van der Waals surface area contributed by atoms with E-state index in [0.29, 0.717) is 11.7 Å². The molecular weight excluding hydrogens is 271 g/mol. The quantitative estimate of drug-likeness (QED) is 0.936. The predicted octanol–water partition coefficient (Wildman–Crippen LogP) is 3.12. The molecule has 0 aliphatic heterocycles. The van der Waals surface area contributed by atoms with Gasteiger partial charge in [-0.15, -0.1) is 0 Å². The molecule has 0 aliphatic rings. The van der Waals surface area contributed by atoms with Gasteiger partial charge in [-0.1, -0.05) is 18.2 Å². The van der Waals surface area contributed by atoms with Gasteiger partial charge in [0.05, 0.1) is 12.7 Å². The van der Waals surface area contributed by atoms with Crippen molar-refractivity contribution in [2.24, 2.45) is 0 Å². The van der Waals surface area contributed by atoms with E-state index in [-0.39, 0.29) is 12.1 Å². The molecule has 1 aromatic carbocycles. The van der Waals surface area contributed by atoms with Crippen LogP contribution >= 0.6 is 0 Å². The van der Waals surface area contributed by atoms with Gasteiger partial charge in [-0.25, -0.2) is 9.97 Å². The van der Waals surface area contributed by atoms with Crippen molar-refractivity contribution in [1.82, 2.24) is 9.97 Å². The zero-order chi connectivity index (χ0) is 14.6. The lowest BCUT2D eigenvalue weighted by Gasteiger charge is -2.13. The van der Waals surface area contributed by atoms with E-state index in [1.54, 1.807) is 6.07 Å². The van der Waals surface area contributed by atoms with Gasteiger partial charge in [0.25, 0.3) is 0 Å². The van der Waals surface area contributed by atoms with Gasteiger partial charge in [-0.2, -0.15) is 13.2 Å². The molecule has 2 rings (SSSR count). The van der Waals surface area contributed by atoms with Gasteiger partial charge in [0, 0.05) is 12.6 Å². The summed E-state index contributed by atoms with van der Waals surface area (Å²) in [5, 5.41) is 2.82. The Morgan fingerprint density at radius 2 is 1.95 bits per heavy atom. The first-order valence-corrected chi connectivity index (χ1v) is 5.75. The standard InChI is InChI=1S/C13H12F3N3O/c1-20-12-6-11(18-8-19-12)17-7-9-4-2-3-5-10(9)13(14,15)16/h2-6,8H,7H2,1H3,(H,17,18,19). The fraction of sp³-hybridized carbons (Fsp3) is 0.231. The highest BCUT2D eigenvalue weighted by Crippen LogP contribution is 2.32. The summed E-state index contributed by atoms with van der Waals surface area (Å²) < 4.78 is 43.4. The Bertz CT molecular complexity index is 587. The highest BCUT2D eigenvalue weighted by atomic mass is 19.4. The number of anilines is 1. The summed E-state index contributed by atoms with van der Waals surface area (Å²) in [7, 11) is 1.45. The molecule has 0 saturated heterocycles. The molecule has 0 aliphatic carbocycles. The number of hydrogen-bond donors (Lipinski definition) is 1. The Morgan fingerprint density at radius 1 is 1.20 bits per heavy atom. The molecule has 0 amide bonds. The summed E-state index contributed by atoms with van der Waals surface area (Å²) in [5.74, 6) is 0.737. The number of ether oxygens (including phenoxy) is 1. The molecular formula is C13H12F3N3O. The van der Waals surface area contributed by atoms with Crippen molar-refractivity contribution in [1.29, 1.82) is 0 Å². The van der Waals surface area contributed by atoms with Crippen LogP contribution in [0.2, 0.25) is 0 Å². The molecule has 0 fully saturated rings. The van der Waals surface area contributed by atoms with Gasteiger partial charge in [-0.05, 0) is 11.6 Å². The van der Waals surface area contributed by atoms with E-state index >= 15 is 0 Å². The third kappa shape index (κ3) is 3.37. The highest BCUT2D eigenvalue weighted by Gasteiger charge is 2.32. The molecule has 1 N–H and O–H groups in total. The van der Waals surface area contributed by atoms with E-state index in [1.165, 1.54) is 31.6 Å². The zero-order valence-corrected chi connectivity index (χ0v) is 10.6. The second kappa shape index (κ2) is 5.77.